The van der Waals surface area contributed by atoms with E-state index in [2.05, 4.69) is 69.3 Å². The van der Waals surface area contributed by atoms with Crippen LogP contribution in [0, 0.1) is 23.7 Å². The molecule has 0 spiro atoms. The van der Waals surface area contributed by atoms with E-state index in [0.717, 1.165) is 30.1 Å². The number of hydrogen-bond acceptors (Lipinski definition) is 0. The van der Waals surface area contributed by atoms with E-state index in [1.54, 1.807) is 5.56 Å². The van der Waals surface area contributed by atoms with Crippen molar-refractivity contribution in [1.29, 1.82) is 0 Å². The van der Waals surface area contributed by atoms with Crippen molar-refractivity contribution in [2.45, 2.75) is 84.5 Å². The molecular formula is C29H40. The summed E-state index contributed by atoms with van der Waals surface area (Å²) < 4.78 is 0. The maximum absolute atomic E-state index is 2.48. The lowest BCUT2D eigenvalue weighted by molar-refractivity contribution is 0.148. The molecule has 2 aliphatic carbocycles. The molecule has 2 saturated carbocycles. The van der Waals surface area contributed by atoms with Crippen molar-refractivity contribution in [2.24, 2.45) is 23.7 Å². The van der Waals surface area contributed by atoms with Crippen molar-refractivity contribution in [3.63, 3.8) is 0 Å². The topological polar surface area (TPSA) is 0 Å². The van der Waals surface area contributed by atoms with Crippen molar-refractivity contribution in [1.82, 2.24) is 0 Å². The van der Waals surface area contributed by atoms with E-state index >= 15 is 0 Å². The Bertz CT molecular complexity index is 813. The van der Waals surface area contributed by atoms with Crippen molar-refractivity contribution >= 4 is 10.8 Å². The number of fused-ring (bicyclic) bond motifs is 1. The summed E-state index contributed by atoms with van der Waals surface area (Å²) in [5.74, 6) is 4.46. The molecule has 2 fully saturated rings. The lowest BCUT2D eigenvalue weighted by Gasteiger charge is -2.39. The van der Waals surface area contributed by atoms with Gasteiger partial charge in [-0.15, -0.1) is 0 Å². The molecule has 0 saturated heterocycles. The minimum atomic E-state index is 0.691. The van der Waals surface area contributed by atoms with Gasteiger partial charge in [0, 0.05) is 0 Å². The molecule has 2 aromatic carbocycles. The minimum absolute atomic E-state index is 0.691. The lowest BCUT2D eigenvalue weighted by Crippen LogP contribution is -2.27. The Labute approximate surface area is 178 Å². The molecule has 0 bridgehead atoms. The van der Waals surface area contributed by atoms with E-state index in [1.165, 1.54) is 67.7 Å². The molecule has 2 aromatic rings. The van der Waals surface area contributed by atoms with Crippen LogP contribution in [0.1, 0.15) is 89.2 Å². The van der Waals surface area contributed by atoms with Gasteiger partial charge in [-0.3, -0.25) is 0 Å². The van der Waals surface area contributed by atoms with Gasteiger partial charge in [0.1, 0.15) is 0 Å². The third kappa shape index (κ3) is 4.79. The predicted octanol–water partition coefficient (Wildman–Crippen LogP) is 8.69. The zero-order valence-corrected chi connectivity index (χ0v) is 18.9. The number of benzene rings is 2. The largest absolute Gasteiger partial charge is 0.0914 e. The van der Waals surface area contributed by atoms with Gasteiger partial charge in [-0.25, -0.2) is 0 Å². The van der Waals surface area contributed by atoms with Crippen LogP contribution >= 0.6 is 0 Å². The van der Waals surface area contributed by atoms with Gasteiger partial charge in [0.25, 0.3) is 0 Å². The highest BCUT2D eigenvalue weighted by molar-refractivity contribution is 5.84. The fourth-order valence-electron chi connectivity index (χ4n) is 6.29. The maximum atomic E-state index is 2.48. The summed E-state index contributed by atoms with van der Waals surface area (Å²) in [7, 11) is 0. The molecule has 4 rings (SSSR count). The van der Waals surface area contributed by atoms with Crippen LogP contribution in [0.25, 0.3) is 10.8 Å². The second-order valence-corrected chi connectivity index (χ2v) is 9.96. The van der Waals surface area contributed by atoms with Crippen molar-refractivity contribution in [3.8, 4) is 0 Å². The van der Waals surface area contributed by atoms with Crippen molar-refractivity contribution in [2.75, 3.05) is 0 Å². The average molecular weight is 389 g/mol. The Morgan fingerprint density at radius 3 is 2.10 bits per heavy atom. The molecule has 0 heteroatoms. The van der Waals surface area contributed by atoms with Gasteiger partial charge in [-0.2, -0.15) is 0 Å². The maximum Gasteiger partial charge on any atom is -0.0162 e. The van der Waals surface area contributed by atoms with Gasteiger partial charge in [-0.1, -0.05) is 62.4 Å². The number of aryl methyl sites for hydroxylation is 1. The predicted molar refractivity (Wildman–Crippen MR) is 127 cm³/mol. The SMILES string of the molecule is C/C=C/C1CCC(C2CCC(C(C)c3ccc4cc(CC)ccc4c3)CC2)CC1. The summed E-state index contributed by atoms with van der Waals surface area (Å²) in [5, 5.41) is 2.82. The van der Waals surface area contributed by atoms with Crippen molar-refractivity contribution < 1.29 is 0 Å². The van der Waals surface area contributed by atoms with Crippen LogP contribution in [0.4, 0.5) is 0 Å². The number of rotatable bonds is 5. The molecule has 0 aromatic heterocycles. The van der Waals surface area contributed by atoms with Gasteiger partial charge >= 0.3 is 0 Å². The van der Waals surface area contributed by atoms with Gasteiger partial charge in [-0.05, 0) is 116 Å². The molecule has 156 valence electrons. The van der Waals surface area contributed by atoms with Crippen LogP contribution < -0.4 is 0 Å². The summed E-state index contributed by atoms with van der Waals surface area (Å²) in [6.45, 7) is 6.89. The van der Waals surface area contributed by atoms with E-state index in [1.807, 2.05) is 0 Å². The van der Waals surface area contributed by atoms with Crippen molar-refractivity contribution in [3.05, 3.63) is 59.7 Å². The van der Waals surface area contributed by atoms with Crippen LogP contribution in [0.3, 0.4) is 0 Å². The Morgan fingerprint density at radius 2 is 1.45 bits per heavy atom. The molecule has 2 aliphatic rings. The molecule has 0 nitrogen and oxygen atoms in total. The summed E-state index contributed by atoms with van der Waals surface area (Å²) in [5.41, 5.74) is 2.99. The first-order chi connectivity index (χ1) is 14.2. The molecule has 29 heavy (non-hydrogen) atoms. The molecule has 0 radical (unpaired) electrons. The third-order valence-corrected chi connectivity index (χ3v) is 8.33. The Morgan fingerprint density at radius 1 is 0.828 bits per heavy atom. The zero-order chi connectivity index (χ0) is 20.2. The highest BCUT2D eigenvalue weighted by Gasteiger charge is 2.32. The minimum Gasteiger partial charge on any atom is -0.0914 e. The average Bonchev–Trinajstić information content (AvgIpc) is 2.79. The lowest BCUT2D eigenvalue weighted by atomic mass is 9.67. The first-order valence-corrected chi connectivity index (χ1v) is 12.3. The Balaban J connectivity index is 1.34. The fourth-order valence-corrected chi connectivity index (χ4v) is 6.29. The monoisotopic (exact) mass is 388 g/mol. The van der Waals surface area contributed by atoms with Gasteiger partial charge in [0.2, 0.25) is 0 Å². The number of hydrogen-bond donors (Lipinski definition) is 0. The fraction of sp³-hybridized carbons (Fsp3) is 0.586. The molecule has 1 atom stereocenters. The summed E-state index contributed by atoms with van der Waals surface area (Å²) in [6, 6.07) is 14.2. The molecule has 0 heterocycles. The molecular weight excluding hydrogens is 348 g/mol. The van der Waals surface area contributed by atoms with Gasteiger partial charge in [0.15, 0.2) is 0 Å². The van der Waals surface area contributed by atoms with E-state index in [9.17, 15) is 0 Å². The third-order valence-electron chi connectivity index (χ3n) is 8.33. The van der Waals surface area contributed by atoms with Gasteiger partial charge < -0.3 is 0 Å². The van der Waals surface area contributed by atoms with Gasteiger partial charge in [0.05, 0.1) is 0 Å². The van der Waals surface area contributed by atoms with Crippen LogP contribution in [0.5, 0.6) is 0 Å². The zero-order valence-electron chi connectivity index (χ0n) is 18.9. The smallest absolute Gasteiger partial charge is 0.0162 e. The standard InChI is InChI=1S/C29H40/c1-4-6-23-8-10-25(11-9-23)26-15-13-24(14-16-26)21(3)27-17-18-28-19-22(5-2)7-12-29(28)20-27/h4,6-7,12,17-21,23-26H,5,8-11,13-16H2,1-3H3/b6-4+. The highest BCUT2D eigenvalue weighted by Crippen LogP contribution is 2.45. The molecule has 0 N–H and O–H groups in total. The first kappa shape index (κ1) is 20.7. The van der Waals surface area contributed by atoms with Crippen LogP contribution in [-0.2, 0) is 6.42 Å². The Hall–Kier alpha value is -1.56. The summed E-state index contributed by atoms with van der Waals surface area (Å²) in [6.07, 6.45) is 17.5. The first-order valence-electron chi connectivity index (χ1n) is 12.3. The van der Waals surface area contributed by atoms with Crippen LogP contribution in [-0.4, -0.2) is 0 Å². The van der Waals surface area contributed by atoms with E-state index in [0.29, 0.717) is 5.92 Å². The second kappa shape index (κ2) is 9.50. The normalized spacial score (nSPS) is 29.3. The van der Waals surface area contributed by atoms with Crippen LogP contribution in [0.15, 0.2) is 48.6 Å². The second-order valence-electron chi connectivity index (χ2n) is 9.96. The van der Waals surface area contributed by atoms with Crippen LogP contribution in [0.2, 0.25) is 0 Å². The number of allylic oxidation sites excluding steroid dienone is 2. The summed E-state index contributed by atoms with van der Waals surface area (Å²) >= 11 is 0. The highest BCUT2D eigenvalue weighted by atomic mass is 14.4. The van der Waals surface area contributed by atoms with E-state index in [4.69, 9.17) is 0 Å². The summed E-state index contributed by atoms with van der Waals surface area (Å²) in [4.78, 5) is 0. The quantitative estimate of drug-likeness (QED) is 0.449. The van der Waals surface area contributed by atoms with E-state index in [-0.39, 0.29) is 0 Å². The molecule has 0 aliphatic heterocycles. The Kier molecular flexibility index (Phi) is 6.78. The molecule has 1 unspecified atom stereocenters. The van der Waals surface area contributed by atoms with E-state index < -0.39 is 0 Å². The molecule has 0 amide bonds.